The monoisotopic (exact) mass is 737 g/mol. The van der Waals surface area contributed by atoms with Gasteiger partial charge in [0.2, 0.25) is 0 Å². The fraction of sp³-hybridized carbons (Fsp3) is 0.0488. The van der Waals surface area contributed by atoms with Crippen molar-refractivity contribution in [1.82, 2.24) is 9.97 Å². The molecule has 4 N–H and O–H groups in total. The Morgan fingerprint density at radius 1 is 0.655 bits per heavy atom. The quantitative estimate of drug-likeness (QED) is 0.127. The number of carbonyl (C=O) groups is 1. The van der Waals surface area contributed by atoms with Crippen LogP contribution < -0.4 is 35.3 Å². The first kappa shape index (κ1) is 36.8. The summed E-state index contributed by atoms with van der Waals surface area (Å²) in [5.41, 5.74) is 8.71. The van der Waals surface area contributed by atoms with Gasteiger partial charge in [-0.2, -0.15) is 10.5 Å². The zero-order chi connectivity index (χ0) is 38.9. The van der Waals surface area contributed by atoms with E-state index in [9.17, 15) is 24.1 Å². The van der Waals surface area contributed by atoms with E-state index in [1.807, 2.05) is 0 Å². The second-order valence-electron chi connectivity index (χ2n) is 11.5. The first-order valence-electron chi connectivity index (χ1n) is 16.3. The van der Waals surface area contributed by atoms with Gasteiger partial charge in [-0.3, -0.25) is 9.97 Å². The number of amides is 2. The molecule has 0 fully saturated rings. The molecular weight excluding hydrogens is 708 g/mol. The standard InChI is InChI=1S/C24H16F2N4O3.C17H13N3O2/c1-32-23-12-21-18(10-14(23)13-27)22(8-9-28-21)33-17-5-3-16(4-6-17)29-24(31)30-20-7-2-15(25)11-19(20)26;1-21-17-9-15-14(8-11(17)10-18)16(6-7-20-15)22-13-4-2-12(19)3-5-13/h2-12H,1H3,(H2,29,30,31);2-9H,19H2,1H3. The van der Waals surface area contributed by atoms with E-state index in [0.717, 1.165) is 17.5 Å². The van der Waals surface area contributed by atoms with Gasteiger partial charge >= 0.3 is 6.03 Å². The number of anilines is 3. The van der Waals surface area contributed by atoms with Crippen molar-refractivity contribution in [3.63, 3.8) is 0 Å². The van der Waals surface area contributed by atoms with Gasteiger partial charge in [0.05, 0.1) is 42.1 Å². The van der Waals surface area contributed by atoms with Crippen molar-refractivity contribution in [1.29, 1.82) is 10.5 Å². The van der Waals surface area contributed by atoms with Crippen LogP contribution in [0.1, 0.15) is 11.1 Å². The van der Waals surface area contributed by atoms with Crippen LogP contribution in [0.5, 0.6) is 34.5 Å². The van der Waals surface area contributed by atoms with Gasteiger partial charge in [0.15, 0.2) is 0 Å². The molecule has 0 aliphatic rings. The second-order valence-corrected chi connectivity index (χ2v) is 11.5. The number of methoxy groups -OCH3 is 2. The lowest BCUT2D eigenvalue weighted by Gasteiger charge is -2.12. The largest absolute Gasteiger partial charge is 0.495 e. The van der Waals surface area contributed by atoms with Gasteiger partial charge in [-0.1, -0.05) is 0 Å². The number of nitrogen functional groups attached to an aromatic ring is 1. The van der Waals surface area contributed by atoms with Gasteiger partial charge < -0.3 is 35.3 Å². The van der Waals surface area contributed by atoms with Crippen molar-refractivity contribution in [2.75, 3.05) is 30.6 Å². The molecule has 7 rings (SSSR count). The second kappa shape index (κ2) is 16.6. The predicted octanol–water partition coefficient (Wildman–Crippen LogP) is 9.32. The van der Waals surface area contributed by atoms with E-state index in [-0.39, 0.29) is 5.69 Å². The van der Waals surface area contributed by atoms with Gasteiger partial charge in [-0.15, -0.1) is 0 Å². The molecule has 0 aliphatic carbocycles. The van der Waals surface area contributed by atoms with Crippen LogP contribution >= 0.6 is 0 Å². The lowest BCUT2D eigenvalue weighted by molar-refractivity contribution is 0.262. The van der Waals surface area contributed by atoms with Gasteiger partial charge in [0, 0.05) is 52.7 Å². The van der Waals surface area contributed by atoms with Crippen molar-refractivity contribution in [2.24, 2.45) is 0 Å². The first-order valence-corrected chi connectivity index (χ1v) is 16.3. The van der Waals surface area contributed by atoms with Crippen molar-refractivity contribution in [3.05, 3.63) is 138 Å². The lowest BCUT2D eigenvalue weighted by atomic mass is 10.1. The highest BCUT2D eigenvalue weighted by Gasteiger charge is 2.13. The third-order valence-electron chi connectivity index (χ3n) is 7.91. The maximum atomic E-state index is 13.7. The summed E-state index contributed by atoms with van der Waals surface area (Å²) in [4.78, 5) is 20.7. The summed E-state index contributed by atoms with van der Waals surface area (Å²) >= 11 is 0. The molecule has 0 bridgehead atoms. The summed E-state index contributed by atoms with van der Waals surface area (Å²) in [5.74, 6) is 1.55. The van der Waals surface area contributed by atoms with Crippen molar-refractivity contribution >= 4 is 44.9 Å². The number of hydrogen-bond donors (Lipinski definition) is 3. The Hall–Kier alpha value is -7.97. The molecule has 5 aromatic carbocycles. The number of hydrogen-bond acceptors (Lipinski definition) is 10. The molecule has 14 heteroatoms. The van der Waals surface area contributed by atoms with E-state index < -0.39 is 17.7 Å². The number of nitrogens with zero attached hydrogens (tertiary/aromatic N) is 4. The Balaban J connectivity index is 0.000000203. The van der Waals surface area contributed by atoms with E-state index in [4.69, 9.17) is 24.7 Å². The van der Waals surface area contributed by atoms with Crippen LogP contribution in [0, 0.1) is 34.3 Å². The Morgan fingerprint density at radius 3 is 1.64 bits per heavy atom. The number of halogens is 2. The molecule has 0 spiro atoms. The number of fused-ring (bicyclic) bond motifs is 2. The molecule has 2 amide bonds. The third-order valence-corrected chi connectivity index (χ3v) is 7.91. The smallest absolute Gasteiger partial charge is 0.323 e. The van der Waals surface area contributed by atoms with Crippen LogP contribution in [0.15, 0.2) is 116 Å². The minimum absolute atomic E-state index is 0.146. The molecule has 0 radical (unpaired) electrons. The lowest BCUT2D eigenvalue weighted by Crippen LogP contribution is -2.20. The van der Waals surface area contributed by atoms with E-state index >= 15 is 0 Å². The van der Waals surface area contributed by atoms with Gasteiger partial charge in [-0.05, 0) is 84.9 Å². The van der Waals surface area contributed by atoms with Crippen molar-refractivity contribution in [3.8, 4) is 46.6 Å². The highest BCUT2D eigenvalue weighted by molar-refractivity contribution is 5.99. The fourth-order valence-corrected chi connectivity index (χ4v) is 5.26. The van der Waals surface area contributed by atoms with E-state index in [0.29, 0.717) is 79.5 Å². The Bertz CT molecular complexity index is 2610. The average Bonchev–Trinajstić information content (AvgIpc) is 3.20. The molecule has 0 atom stereocenters. The van der Waals surface area contributed by atoms with Gasteiger partial charge in [0.25, 0.3) is 0 Å². The first-order chi connectivity index (χ1) is 26.7. The van der Waals surface area contributed by atoms with E-state index in [1.54, 1.807) is 97.3 Å². The normalized spacial score (nSPS) is 10.3. The van der Waals surface area contributed by atoms with Crippen LogP contribution in [0.3, 0.4) is 0 Å². The SMILES string of the molecule is COc1cc2nccc(Oc3ccc(N)cc3)c2cc1C#N.COc1cc2nccc(Oc3ccc(NC(=O)Nc4ccc(F)cc4F)cc3)c2cc1C#N. The molecular formula is C41H29F2N7O5. The summed E-state index contributed by atoms with van der Waals surface area (Å²) in [5, 5.41) is 24.8. The minimum atomic E-state index is -0.879. The summed E-state index contributed by atoms with van der Waals surface area (Å²) in [6.07, 6.45) is 3.23. The number of aromatic nitrogens is 2. The van der Waals surface area contributed by atoms with Gasteiger partial charge in [0.1, 0.15) is 58.3 Å². The molecule has 0 saturated carbocycles. The number of carbonyl (C=O) groups excluding carboxylic acids is 1. The summed E-state index contributed by atoms with van der Waals surface area (Å²) < 4.78 is 48.9. The molecule has 0 saturated heterocycles. The fourth-order valence-electron chi connectivity index (χ4n) is 5.26. The van der Waals surface area contributed by atoms with E-state index in [2.05, 4.69) is 32.7 Å². The molecule has 0 aliphatic heterocycles. The number of nitrogens with two attached hydrogens (primary N) is 1. The number of urea groups is 1. The van der Waals surface area contributed by atoms with Crippen LogP contribution in [0.2, 0.25) is 0 Å². The predicted molar refractivity (Wildman–Crippen MR) is 202 cm³/mol. The van der Waals surface area contributed by atoms with E-state index in [1.165, 1.54) is 14.2 Å². The van der Waals surface area contributed by atoms with Crippen LogP contribution in [0.4, 0.5) is 30.6 Å². The zero-order valence-corrected chi connectivity index (χ0v) is 29.1. The highest BCUT2D eigenvalue weighted by Crippen LogP contribution is 2.35. The third kappa shape index (κ3) is 8.74. The maximum Gasteiger partial charge on any atom is 0.323 e. The number of pyridine rings is 2. The summed E-state index contributed by atoms with van der Waals surface area (Å²) in [6.45, 7) is 0. The molecule has 2 aromatic heterocycles. The Kier molecular flexibility index (Phi) is 11.1. The zero-order valence-electron chi connectivity index (χ0n) is 29.1. The van der Waals surface area contributed by atoms with Crippen LogP contribution in [-0.2, 0) is 0 Å². The number of benzene rings is 5. The molecule has 12 nitrogen and oxygen atoms in total. The Labute approximate surface area is 312 Å². The topological polar surface area (TPSA) is 177 Å². The maximum absolute atomic E-state index is 13.7. The Morgan fingerprint density at radius 2 is 1.16 bits per heavy atom. The van der Waals surface area contributed by atoms with Crippen LogP contribution in [-0.4, -0.2) is 30.2 Å². The number of ether oxygens (including phenoxy) is 4. The average molecular weight is 738 g/mol. The van der Waals surface area contributed by atoms with Gasteiger partial charge in [-0.25, -0.2) is 13.6 Å². The highest BCUT2D eigenvalue weighted by atomic mass is 19.1. The summed E-state index contributed by atoms with van der Waals surface area (Å²) in [7, 11) is 3.01. The number of rotatable bonds is 8. The minimum Gasteiger partial charge on any atom is -0.495 e. The molecule has 272 valence electrons. The molecule has 7 aromatic rings. The summed E-state index contributed by atoms with van der Waals surface area (Å²) in [6, 6.07) is 30.1. The van der Waals surface area contributed by atoms with Crippen molar-refractivity contribution in [2.45, 2.75) is 0 Å². The molecule has 55 heavy (non-hydrogen) atoms. The molecule has 2 heterocycles. The number of nitriles is 2. The molecule has 0 unspecified atom stereocenters. The van der Waals surface area contributed by atoms with Crippen LogP contribution in [0.25, 0.3) is 21.8 Å². The van der Waals surface area contributed by atoms with Crippen molar-refractivity contribution < 1.29 is 32.5 Å². The number of nitrogens with one attached hydrogen (secondary N) is 2.